The first kappa shape index (κ1) is 11.3. The second-order valence-corrected chi connectivity index (χ2v) is 3.68. The van der Waals surface area contributed by atoms with Crippen molar-refractivity contribution >= 4 is 11.6 Å². The Balaban J connectivity index is 2.18. The lowest BCUT2D eigenvalue weighted by atomic mass is 10.1. The van der Waals surface area contributed by atoms with Crippen molar-refractivity contribution < 1.29 is 4.79 Å². The predicted molar refractivity (Wildman–Crippen MR) is 64.8 cm³/mol. The molecule has 5 heteroatoms. The summed E-state index contributed by atoms with van der Waals surface area (Å²) in [5, 5.41) is 10.7. The average Bonchev–Trinajstić information content (AvgIpc) is 2.77. The van der Waals surface area contributed by atoms with Crippen LogP contribution in [0.2, 0.25) is 0 Å². The second-order valence-electron chi connectivity index (χ2n) is 3.68. The van der Waals surface area contributed by atoms with E-state index in [2.05, 4.69) is 15.5 Å². The molecule has 88 valence electrons. The number of hydrogen-bond donors (Lipinski definition) is 1. The number of amides is 1. The zero-order valence-corrected chi connectivity index (χ0v) is 9.84. The van der Waals surface area contributed by atoms with Gasteiger partial charge in [-0.25, -0.2) is 0 Å². The lowest BCUT2D eigenvalue weighted by Gasteiger charge is -2.07. The number of aryl methyl sites for hydroxylation is 2. The molecule has 0 aliphatic heterocycles. The number of hydrogen-bond acceptors (Lipinski definition) is 3. The topological polar surface area (TPSA) is 59.8 Å². The molecule has 0 spiro atoms. The van der Waals surface area contributed by atoms with Crippen LogP contribution in [0, 0.1) is 0 Å². The van der Waals surface area contributed by atoms with Gasteiger partial charge in [0, 0.05) is 12.7 Å². The number of anilines is 1. The van der Waals surface area contributed by atoms with Gasteiger partial charge >= 0.3 is 0 Å². The minimum Gasteiger partial charge on any atom is -0.320 e. The first-order chi connectivity index (χ1) is 8.20. The fourth-order valence-corrected chi connectivity index (χ4v) is 1.59. The molecular weight excluding hydrogens is 216 g/mol. The first-order valence-electron chi connectivity index (χ1n) is 5.46. The summed E-state index contributed by atoms with van der Waals surface area (Å²) in [4.78, 5) is 13.2. The van der Waals surface area contributed by atoms with E-state index in [0.29, 0.717) is 5.69 Å². The van der Waals surface area contributed by atoms with Crippen LogP contribution in [0.15, 0.2) is 30.5 Å². The summed E-state index contributed by atoms with van der Waals surface area (Å²) >= 11 is 0. The van der Waals surface area contributed by atoms with E-state index in [-0.39, 0.29) is 5.91 Å². The van der Waals surface area contributed by atoms with Crippen LogP contribution in [0.4, 0.5) is 5.69 Å². The van der Waals surface area contributed by atoms with Gasteiger partial charge in [-0.1, -0.05) is 25.1 Å². The van der Waals surface area contributed by atoms with Crippen molar-refractivity contribution in [3.05, 3.63) is 41.7 Å². The van der Waals surface area contributed by atoms with Crippen molar-refractivity contribution in [2.75, 3.05) is 5.32 Å². The summed E-state index contributed by atoms with van der Waals surface area (Å²) in [5.41, 5.74) is 2.24. The molecule has 1 amide bonds. The number of aromatic nitrogens is 3. The van der Waals surface area contributed by atoms with Crippen LogP contribution >= 0.6 is 0 Å². The number of rotatable bonds is 3. The highest BCUT2D eigenvalue weighted by Gasteiger charge is 2.11. The molecule has 1 aromatic heterocycles. The number of benzene rings is 1. The lowest BCUT2D eigenvalue weighted by molar-refractivity contribution is 0.102. The standard InChI is InChI=1S/C12H14N4O/c1-3-9-6-4-5-7-10(9)14-12(17)11-8-13-16(2)15-11/h4-8H,3H2,1-2H3,(H,14,17). The van der Waals surface area contributed by atoms with E-state index in [9.17, 15) is 4.79 Å². The molecule has 1 N–H and O–H groups in total. The van der Waals surface area contributed by atoms with Gasteiger partial charge in [0.15, 0.2) is 5.69 Å². The lowest BCUT2D eigenvalue weighted by Crippen LogP contribution is -2.14. The molecule has 5 nitrogen and oxygen atoms in total. The zero-order valence-electron chi connectivity index (χ0n) is 9.84. The number of carbonyl (C=O) groups excluding carboxylic acids is 1. The highest BCUT2D eigenvalue weighted by molar-refractivity contribution is 6.03. The highest BCUT2D eigenvalue weighted by atomic mass is 16.2. The number of para-hydroxylation sites is 1. The van der Waals surface area contributed by atoms with E-state index in [1.807, 2.05) is 31.2 Å². The molecule has 0 atom stereocenters. The maximum absolute atomic E-state index is 11.9. The van der Waals surface area contributed by atoms with Gasteiger partial charge in [0.2, 0.25) is 0 Å². The molecule has 2 rings (SSSR count). The maximum Gasteiger partial charge on any atom is 0.277 e. The number of carbonyl (C=O) groups is 1. The van der Waals surface area contributed by atoms with Gasteiger partial charge in [0.1, 0.15) is 0 Å². The summed E-state index contributed by atoms with van der Waals surface area (Å²) < 4.78 is 0. The fourth-order valence-electron chi connectivity index (χ4n) is 1.59. The minimum atomic E-state index is -0.237. The maximum atomic E-state index is 11.9. The Morgan fingerprint density at radius 3 is 2.82 bits per heavy atom. The van der Waals surface area contributed by atoms with Crippen molar-refractivity contribution in [1.29, 1.82) is 0 Å². The molecular formula is C12H14N4O. The summed E-state index contributed by atoms with van der Waals surface area (Å²) in [7, 11) is 1.68. The number of nitrogens with zero attached hydrogens (tertiary/aromatic N) is 3. The Labute approximate surface area is 99.5 Å². The summed E-state index contributed by atoms with van der Waals surface area (Å²) in [6, 6.07) is 7.72. The van der Waals surface area contributed by atoms with Crippen LogP contribution in [-0.2, 0) is 13.5 Å². The second kappa shape index (κ2) is 4.78. The van der Waals surface area contributed by atoms with Gasteiger partial charge < -0.3 is 5.32 Å². The zero-order chi connectivity index (χ0) is 12.3. The van der Waals surface area contributed by atoms with E-state index in [0.717, 1.165) is 17.7 Å². The van der Waals surface area contributed by atoms with Gasteiger partial charge in [-0.05, 0) is 18.1 Å². The van der Waals surface area contributed by atoms with Gasteiger partial charge in [-0.3, -0.25) is 4.79 Å². The van der Waals surface area contributed by atoms with Crippen LogP contribution in [0.3, 0.4) is 0 Å². The molecule has 0 unspecified atom stereocenters. The van der Waals surface area contributed by atoms with E-state index in [4.69, 9.17) is 0 Å². The largest absolute Gasteiger partial charge is 0.320 e. The minimum absolute atomic E-state index is 0.237. The van der Waals surface area contributed by atoms with Gasteiger partial charge in [0.25, 0.3) is 5.91 Å². The first-order valence-corrected chi connectivity index (χ1v) is 5.46. The van der Waals surface area contributed by atoms with Crippen LogP contribution in [-0.4, -0.2) is 20.9 Å². The van der Waals surface area contributed by atoms with Crippen molar-refractivity contribution in [3.63, 3.8) is 0 Å². The molecule has 0 radical (unpaired) electrons. The van der Waals surface area contributed by atoms with Crippen LogP contribution < -0.4 is 5.32 Å². The normalized spacial score (nSPS) is 10.2. The molecule has 0 bridgehead atoms. The molecule has 1 aromatic carbocycles. The van der Waals surface area contributed by atoms with E-state index in [1.165, 1.54) is 11.0 Å². The van der Waals surface area contributed by atoms with Crippen LogP contribution in [0.5, 0.6) is 0 Å². The monoisotopic (exact) mass is 230 g/mol. The molecule has 0 aliphatic rings. The predicted octanol–water partition coefficient (Wildman–Crippen LogP) is 1.63. The van der Waals surface area contributed by atoms with E-state index in [1.54, 1.807) is 7.05 Å². The van der Waals surface area contributed by atoms with E-state index < -0.39 is 0 Å². The molecule has 0 saturated heterocycles. The molecule has 0 fully saturated rings. The van der Waals surface area contributed by atoms with Gasteiger partial charge in [-0.15, -0.1) is 5.10 Å². The van der Waals surface area contributed by atoms with Gasteiger partial charge in [-0.2, -0.15) is 9.90 Å². The summed E-state index contributed by atoms with van der Waals surface area (Å²) in [6.07, 6.45) is 2.32. The third kappa shape index (κ3) is 2.50. The van der Waals surface area contributed by atoms with Crippen molar-refractivity contribution in [1.82, 2.24) is 15.0 Å². The Morgan fingerprint density at radius 2 is 2.18 bits per heavy atom. The van der Waals surface area contributed by atoms with Crippen LogP contribution in [0.1, 0.15) is 23.0 Å². The van der Waals surface area contributed by atoms with E-state index >= 15 is 0 Å². The summed E-state index contributed by atoms with van der Waals surface area (Å²) in [6.45, 7) is 2.05. The quantitative estimate of drug-likeness (QED) is 0.871. The molecule has 1 heterocycles. The van der Waals surface area contributed by atoms with Gasteiger partial charge in [0.05, 0.1) is 6.20 Å². The van der Waals surface area contributed by atoms with Crippen molar-refractivity contribution in [3.8, 4) is 0 Å². The Kier molecular flexibility index (Phi) is 3.18. The fraction of sp³-hybridized carbons (Fsp3) is 0.250. The molecule has 17 heavy (non-hydrogen) atoms. The number of nitrogens with one attached hydrogen (secondary N) is 1. The molecule has 2 aromatic rings. The SMILES string of the molecule is CCc1ccccc1NC(=O)c1cnn(C)n1. The van der Waals surface area contributed by atoms with Crippen molar-refractivity contribution in [2.24, 2.45) is 7.05 Å². The Morgan fingerprint density at radius 1 is 1.41 bits per heavy atom. The average molecular weight is 230 g/mol. The van der Waals surface area contributed by atoms with Crippen LogP contribution in [0.25, 0.3) is 0 Å². The Hall–Kier alpha value is -2.17. The molecule has 0 saturated carbocycles. The third-order valence-electron chi connectivity index (χ3n) is 2.48. The van der Waals surface area contributed by atoms with Crippen molar-refractivity contribution in [2.45, 2.75) is 13.3 Å². The smallest absolute Gasteiger partial charge is 0.277 e. The summed E-state index contributed by atoms with van der Waals surface area (Å²) in [5.74, 6) is -0.237. The molecule has 0 aliphatic carbocycles. The Bertz CT molecular complexity index is 533. The highest BCUT2D eigenvalue weighted by Crippen LogP contribution is 2.15. The third-order valence-corrected chi connectivity index (χ3v) is 2.48.